The highest BCUT2D eigenvalue weighted by molar-refractivity contribution is 6.37. The smallest absolute Gasteiger partial charge is 0.145 e. The Bertz CT molecular complexity index is 624. The molecule has 21 heavy (non-hydrogen) atoms. The van der Waals surface area contributed by atoms with E-state index in [0.29, 0.717) is 21.8 Å². The van der Waals surface area contributed by atoms with Gasteiger partial charge >= 0.3 is 0 Å². The molecule has 0 spiro atoms. The third-order valence-electron chi connectivity index (χ3n) is 3.12. The van der Waals surface area contributed by atoms with Gasteiger partial charge in [0, 0.05) is 12.1 Å². The molecular formula is C17H20Cl2N2. The predicted octanol–water partition coefficient (Wildman–Crippen LogP) is 5.69. The maximum Gasteiger partial charge on any atom is 0.145 e. The first-order chi connectivity index (χ1) is 10.0. The van der Waals surface area contributed by atoms with Crippen molar-refractivity contribution in [1.29, 1.82) is 0 Å². The molecule has 1 N–H and O–H groups in total. The second kappa shape index (κ2) is 7.15. The summed E-state index contributed by atoms with van der Waals surface area (Å²) in [5.74, 6) is 1.29. The Morgan fingerprint density at radius 3 is 2.57 bits per heavy atom. The third kappa shape index (κ3) is 4.12. The monoisotopic (exact) mass is 322 g/mol. The average Bonchev–Trinajstić information content (AvgIpc) is 2.41. The van der Waals surface area contributed by atoms with Gasteiger partial charge in [-0.3, -0.25) is 0 Å². The summed E-state index contributed by atoms with van der Waals surface area (Å²) in [6.45, 7) is 7.20. The number of aromatic nitrogens is 1. The van der Waals surface area contributed by atoms with E-state index in [1.165, 1.54) is 5.56 Å². The maximum atomic E-state index is 6.32. The molecule has 2 aromatic rings. The summed E-state index contributed by atoms with van der Waals surface area (Å²) in [5.41, 5.74) is 3.08. The molecule has 0 amide bonds. The van der Waals surface area contributed by atoms with Gasteiger partial charge in [0.05, 0.1) is 15.7 Å². The molecule has 0 aliphatic rings. The Morgan fingerprint density at radius 2 is 1.90 bits per heavy atom. The Kier molecular flexibility index (Phi) is 5.49. The minimum Gasteiger partial charge on any atom is -0.369 e. The molecule has 2 nitrogen and oxygen atoms in total. The van der Waals surface area contributed by atoms with Crippen molar-refractivity contribution in [3.63, 3.8) is 0 Å². The Balaban J connectivity index is 2.43. The summed E-state index contributed by atoms with van der Waals surface area (Å²) in [6, 6.07) is 10.1. The van der Waals surface area contributed by atoms with Crippen molar-refractivity contribution in [2.45, 2.75) is 27.2 Å². The Hall–Kier alpha value is -1.25. The number of hydrogen-bond donors (Lipinski definition) is 1. The third-order valence-corrected chi connectivity index (χ3v) is 3.69. The number of anilines is 1. The van der Waals surface area contributed by atoms with E-state index in [2.05, 4.69) is 36.3 Å². The van der Waals surface area contributed by atoms with Gasteiger partial charge in [-0.15, -0.1) is 0 Å². The van der Waals surface area contributed by atoms with E-state index >= 15 is 0 Å². The molecule has 0 aliphatic carbocycles. The van der Waals surface area contributed by atoms with E-state index in [4.69, 9.17) is 23.2 Å². The van der Waals surface area contributed by atoms with Gasteiger partial charge < -0.3 is 5.32 Å². The zero-order valence-electron chi connectivity index (χ0n) is 12.6. The molecule has 0 atom stereocenters. The molecule has 2 rings (SSSR count). The maximum absolute atomic E-state index is 6.32. The second-order valence-corrected chi connectivity index (χ2v) is 6.29. The Labute approximate surface area is 136 Å². The van der Waals surface area contributed by atoms with Crippen molar-refractivity contribution in [3.05, 3.63) is 45.9 Å². The van der Waals surface area contributed by atoms with E-state index in [9.17, 15) is 0 Å². The van der Waals surface area contributed by atoms with Crippen LogP contribution in [0.2, 0.25) is 10.0 Å². The standard InChI is InChI=1S/C17H20Cl2N2/c1-4-20-17-15(19)10-14(18)16(21-17)13-7-5-6-12(9-13)8-11(2)3/h5-7,9-11H,4,8H2,1-3H3,(H,20,21). The second-order valence-electron chi connectivity index (χ2n) is 5.48. The van der Waals surface area contributed by atoms with Crippen LogP contribution in [0, 0.1) is 5.92 Å². The number of rotatable bonds is 5. The highest BCUT2D eigenvalue weighted by Crippen LogP contribution is 2.32. The van der Waals surface area contributed by atoms with Crippen molar-refractivity contribution >= 4 is 29.0 Å². The first kappa shape index (κ1) is 16.1. The van der Waals surface area contributed by atoms with Crippen LogP contribution in [-0.4, -0.2) is 11.5 Å². The van der Waals surface area contributed by atoms with Crippen LogP contribution >= 0.6 is 23.2 Å². The van der Waals surface area contributed by atoms with Crippen LogP contribution in [0.4, 0.5) is 5.82 Å². The van der Waals surface area contributed by atoms with Crippen molar-refractivity contribution < 1.29 is 0 Å². The summed E-state index contributed by atoms with van der Waals surface area (Å²) in [5, 5.41) is 4.28. The van der Waals surface area contributed by atoms with Crippen molar-refractivity contribution in [3.8, 4) is 11.3 Å². The Morgan fingerprint density at radius 1 is 1.14 bits per heavy atom. The molecule has 0 fully saturated rings. The summed E-state index contributed by atoms with van der Waals surface area (Å²) < 4.78 is 0. The fourth-order valence-corrected chi connectivity index (χ4v) is 2.81. The molecular weight excluding hydrogens is 303 g/mol. The van der Waals surface area contributed by atoms with Gasteiger partial charge in [-0.25, -0.2) is 4.98 Å². The minimum atomic E-state index is 0.545. The summed E-state index contributed by atoms with van der Waals surface area (Å²) in [6.07, 6.45) is 1.04. The van der Waals surface area contributed by atoms with Crippen molar-refractivity contribution in [1.82, 2.24) is 4.98 Å². The molecule has 0 unspecified atom stereocenters. The van der Waals surface area contributed by atoms with Gasteiger partial charge in [-0.1, -0.05) is 55.2 Å². The number of nitrogens with one attached hydrogen (secondary N) is 1. The first-order valence-electron chi connectivity index (χ1n) is 7.20. The lowest BCUT2D eigenvalue weighted by Crippen LogP contribution is -2.01. The van der Waals surface area contributed by atoms with Crippen LogP contribution in [0.3, 0.4) is 0 Å². The quantitative estimate of drug-likeness (QED) is 0.765. The van der Waals surface area contributed by atoms with E-state index in [1.54, 1.807) is 6.07 Å². The highest BCUT2D eigenvalue weighted by Gasteiger charge is 2.11. The fourth-order valence-electron chi connectivity index (χ4n) is 2.28. The molecule has 0 saturated heterocycles. The van der Waals surface area contributed by atoms with E-state index in [-0.39, 0.29) is 0 Å². The van der Waals surface area contributed by atoms with Gasteiger partial charge in [0.15, 0.2) is 0 Å². The number of halogens is 2. The van der Waals surface area contributed by atoms with Crippen LogP contribution in [0.15, 0.2) is 30.3 Å². The van der Waals surface area contributed by atoms with Crippen molar-refractivity contribution in [2.75, 3.05) is 11.9 Å². The van der Waals surface area contributed by atoms with Crippen LogP contribution in [0.5, 0.6) is 0 Å². The largest absolute Gasteiger partial charge is 0.369 e. The number of benzene rings is 1. The van der Waals surface area contributed by atoms with Crippen LogP contribution in [-0.2, 0) is 6.42 Å². The van der Waals surface area contributed by atoms with Gasteiger partial charge in [-0.2, -0.15) is 0 Å². The van der Waals surface area contributed by atoms with Crippen LogP contribution < -0.4 is 5.32 Å². The molecule has 0 radical (unpaired) electrons. The molecule has 0 aliphatic heterocycles. The molecule has 1 aromatic heterocycles. The SMILES string of the molecule is CCNc1nc(-c2cccc(CC(C)C)c2)c(Cl)cc1Cl. The fraction of sp³-hybridized carbons (Fsp3) is 0.353. The van der Waals surface area contributed by atoms with E-state index in [1.807, 2.05) is 19.1 Å². The van der Waals surface area contributed by atoms with Crippen LogP contribution in [0.1, 0.15) is 26.3 Å². The lowest BCUT2D eigenvalue weighted by Gasteiger charge is -2.11. The molecule has 0 saturated carbocycles. The number of hydrogen-bond acceptors (Lipinski definition) is 2. The van der Waals surface area contributed by atoms with E-state index in [0.717, 1.165) is 24.2 Å². The molecule has 4 heteroatoms. The predicted molar refractivity (Wildman–Crippen MR) is 92.4 cm³/mol. The zero-order chi connectivity index (χ0) is 15.4. The van der Waals surface area contributed by atoms with Crippen molar-refractivity contribution in [2.24, 2.45) is 5.92 Å². The number of nitrogens with zero attached hydrogens (tertiary/aromatic N) is 1. The topological polar surface area (TPSA) is 24.9 Å². The lowest BCUT2D eigenvalue weighted by atomic mass is 10.00. The molecule has 0 bridgehead atoms. The summed E-state index contributed by atoms with van der Waals surface area (Å²) in [4.78, 5) is 4.58. The van der Waals surface area contributed by atoms with Gasteiger partial charge in [0.25, 0.3) is 0 Å². The summed E-state index contributed by atoms with van der Waals surface area (Å²) >= 11 is 12.5. The average molecular weight is 323 g/mol. The zero-order valence-corrected chi connectivity index (χ0v) is 14.1. The van der Waals surface area contributed by atoms with Gasteiger partial charge in [0.2, 0.25) is 0 Å². The lowest BCUT2D eigenvalue weighted by molar-refractivity contribution is 0.647. The molecule has 1 aromatic carbocycles. The summed E-state index contributed by atoms with van der Waals surface area (Å²) in [7, 11) is 0. The molecule has 112 valence electrons. The minimum absolute atomic E-state index is 0.545. The van der Waals surface area contributed by atoms with Gasteiger partial charge in [0.1, 0.15) is 5.82 Å². The number of pyridine rings is 1. The molecule has 1 heterocycles. The van der Waals surface area contributed by atoms with Crippen LogP contribution in [0.25, 0.3) is 11.3 Å². The van der Waals surface area contributed by atoms with Gasteiger partial charge in [-0.05, 0) is 37.0 Å². The highest BCUT2D eigenvalue weighted by atomic mass is 35.5. The van der Waals surface area contributed by atoms with E-state index < -0.39 is 0 Å². The first-order valence-corrected chi connectivity index (χ1v) is 7.96. The normalized spacial score (nSPS) is 11.0.